The predicted octanol–water partition coefficient (Wildman–Crippen LogP) is -0.0253. The van der Waals surface area contributed by atoms with E-state index in [-0.39, 0.29) is 11.9 Å². The van der Waals surface area contributed by atoms with Crippen LogP contribution in [0.4, 0.5) is 0 Å². The van der Waals surface area contributed by atoms with Gasteiger partial charge < -0.3 is 9.64 Å². The standard InChI is InChI=1S/C13H27N3O2/c1-12(13(17)18-4)11-16-9-7-15(8-10-16)6-5-14(2)3/h12H,5-11H2,1-4H3. The van der Waals surface area contributed by atoms with Gasteiger partial charge in [0.15, 0.2) is 0 Å². The second-order valence-corrected chi connectivity index (χ2v) is 5.37. The highest BCUT2D eigenvalue weighted by atomic mass is 16.5. The fraction of sp³-hybridized carbons (Fsp3) is 0.923. The largest absolute Gasteiger partial charge is 0.469 e. The molecular formula is C13H27N3O2. The molecule has 0 bridgehead atoms. The summed E-state index contributed by atoms with van der Waals surface area (Å²) in [7, 11) is 5.67. The maximum absolute atomic E-state index is 11.4. The molecule has 1 saturated heterocycles. The van der Waals surface area contributed by atoms with Gasteiger partial charge in [0.05, 0.1) is 13.0 Å². The summed E-state index contributed by atoms with van der Waals surface area (Å²) in [6.45, 7) is 9.29. The van der Waals surface area contributed by atoms with E-state index in [1.807, 2.05) is 6.92 Å². The Morgan fingerprint density at radius 2 is 1.78 bits per heavy atom. The lowest BCUT2D eigenvalue weighted by molar-refractivity contribution is -0.145. The molecule has 1 fully saturated rings. The molecule has 1 aliphatic rings. The zero-order chi connectivity index (χ0) is 13.5. The first kappa shape index (κ1) is 15.4. The molecule has 0 radical (unpaired) electrons. The quantitative estimate of drug-likeness (QED) is 0.625. The third-order valence-electron chi connectivity index (χ3n) is 3.46. The lowest BCUT2D eigenvalue weighted by atomic mass is 10.1. The van der Waals surface area contributed by atoms with E-state index in [2.05, 4.69) is 28.8 Å². The number of carbonyl (C=O) groups excluding carboxylic acids is 1. The Labute approximate surface area is 111 Å². The van der Waals surface area contributed by atoms with Crippen LogP contribution in [0.15, 0.2) is 0 Å². The Morgan fingerprint density at radius 1 is 1.22 bits per heavy atom. The molecule has 1 heterocycles. The van der Waals surface area contributed by atoms with Gasteiger partial charge in [0, 0.05) is 45.8 Å². The van der Waals surface area contributed by atoms with Crippen LogP contribution in [-0.2, 0) is 9.53 Å². The van der Waals surface area contributed by atoms with Crippen molar-refractivity contribution in [2.45, 2.75) is 6.92 Å². The zero-order valence-electron chi connectivity index (χ0n) is 12.2. The summed E-state index contributed by atoms with van der Waals surface area (Å²) in [6.07, 6.45) is 0. The van der Waals surface area contributed by atoms with Crippen LogP contribution in [0.5, 0.6) is 0 Å². The summed E-state index contributed by atoms with van der Waals surface area (Å²) in [5.74, 6) is -0.131. The van der Waals surface area contributed by atoms with Gasteiger partial charge in [-0.1, -0.05) is 6.92 Å². The number of esters is 1. The summed E-state index contributed by atoms with van der Waals surface area (Å²) in [6, 6.07) is 0. The van der Waals surface area contributed by atoms with Gasteiger partial charge in [-0.3, -0.25) is 14.6 Å². The smallest absolute Gasteiger partial charge is 0.309 e. The van der Waals surface area contributed by atoms with Gasteiger partial charge in [0.25, 0.3) is 0 Å². The Balaban J connectivity index is 2.21. The van der Waals surface area contributed by atoms with E-state index >= 15 is 0 Å². The molecule has 0 aliphatic carbocycles. The highest BCUT2D eigenvalue weighted by Gasteiger charge is 2.21. The number of likely N-dealkylation sites (N-methyl/N-ethyl adjacent to an activating group) is 1. The minimum Gasteiger partial charge on any atom is -0.469 e. The number of nitrogens with zero attached hydrogens (tertiary/aromatic N) is 3. The molecule has 0 aromatic carbocycles. The van der Waals surface area contributed by atoms with E-state index in [4.69, 9.17) is 4.74 Å². The van der Waals surface area contributed by atoms with E-state index in [0.29, 0.717) is 0 Å². The average molecular weight is 257 g/mol. The second-order valence-electron chi connectivity index (χ2n) is 5.37. The molecule has 5 nitrogen and oxygen atoms in total. The zero-order valence-corrected chi connectivity index (χ0v) is 12.2. The molecular weight excluding hydrogens is 230 g/mol. The van der Waals surface area contributed by atoms with Crippen molar-refractivity contribution in [1.82, 2.24) is 14.7 Å². The van der Waals surface area contributed by atoms with Crippen LogP contribution >= 0.6 is 0 Å². The molecule has 106 valence electrons. The summed E-state index contributed by atoms with van der Waals surface area (Å²) in [5, 5.41) is 0. The average Bonchev–Trinajstić information content (AvgIpc) is 2.36. The van der Waals surface area contributed by atoms with Crippen molar-refractivity contribution >= 4 is 5.97 Å². The molecule has 5 heteroatoms. The third kappa shape index (κ3) is 5.33. The lowest BCUT2D eigenvalue weighted by Gasteiger charge is -2.35. The molecule has 0 aromatic rings. The maximum atomic E-state index is 11.4. The van der Waals surface area contributed by atoms with Crippen molar-refractivity contribution in [3.63, 3.8) is 0 Å². The number of rotatable bonds is 6. The number of piperazine rings is 1. The van der Waals surface area contributed by atoms with Crippen LogP contribution in [0.2, 0.25) is 0 Å². The topological polar surface area (TPSA) is 36.0 Å². The van der Waals surface area contributed by atoms with Crippen molar-refractivity contribution in [3.05, 3.63) is 0 Å². The lowest BCUT2D eigenvalue weighted by Crippen LogP contribution is -2.49. The molecule has 0 saturated carbocycles. The molecule has 0 N–H and O–H groups in total. The normalized spacial score (nSPS) is 20.1. The first-order valence-electron chi connectivity index (χ1n) is 6.70. The van der Waals surface area contributed by atoms with Gasteiger partial charge in [-0.05, 0) is 14.1 Å². The fourth-order valence-electron chi connectivity index (χ4n) is 2.20. The van der Waals surface area contributed by atoms with Crippen LogP contribution in [0.25, 0.3) is 0 Å². The van der Waals surface area contributed by atoms with E-state index in [1.54, 1.807) is 0 Å². The van der Waals surface area contributed by atoms with Crippen LogP contribution in [0.1, 0.15) is 6.92 Å². The first-order chi connectivity index (χ1) is 8.52. The highest BCUT2D eigenvalue weighted by molar-refractivity contribution is 5.72. The summed E-state index contributed by atoms with van der Waals surface area (Å²) in [4.78, 5) is 18.4. The fourth-order valence-corrected chi connectivity index (χ4v) is 2.20. The molecule has 0 spiro atoms. The van der Waals surface area contributed by atoms with Gasteiger partial charge >= 0.3 is 5.97 Å². The molecule has 1 aliphatic heterocycles. The molecule has 18 heavy (non-hydrogen) atoms. The highest BCUT2D eigenvalue weighted by Crippen LogP contribution is 2.06. The Bertz CT molecular complexity index is 251. The van der Waals surface area contributed by atoms with E-state index < -0.39 is 0 Å². The minimum atomic E-state index is -0.106. The van der Waals surface area contributed by atoms with Crippen molar-refractivity contribution in [2.75, 3.05) is 67.0 Å². The second kappa shape index (κ2) is 7.71. The van der Waals surface area contributed by atoms with Gasteiger partial charge in [-0.25, -0.2) is 0 Å². The van der Waals surface area contributed by atoms with Gasteiger partial charge in [0.2, 0.25) is 0 Å². The number of methoxy groups -OCH3 is 1. The number of carbonyl (C=O) groups is 1. The van der Waals surface area contributed by atoms with Crippen molar-refractivity contribution in [2.24, 2.45) is 5.92 Å². The van der Waals surface area contributed by atoms with E-state index in [0.717, 1.165) is 45.8 Å². The Morgan fingerprint density at radius 3 is 2.28 bits per heavy atom. The molecule has 1 rings (SSSR count). The Hall–Kier alpha value is -0.650. The molecule has 1 atom stereocenters. The van der Waals surface area contributed by atoms with Gasteiger partial charge in [-0.15, -0.1) is 0 Å². The molecule has 0 aromatic heterocycles. The van der Waals surface area contributed by atoms with Crippen molar-refractivity contribution in [3.8, 4) is 0 Å². The number of ether oxygens (including phenoxy) is 1. The van der Waals surface area contributed by atoms with Crippen molar-refractivity contribution < 1.29 is 9.53 Å². The predicted molar refractivity (Wildman–Crippen MR) is 72.6 cm³/mol. The number of hydrogen-bond donors (Lipinski definition) is 0. The van der Waals surface area contributed by atoms with Gasteiger partial charge in [-0.2, -0.15) is 0 Å². The monoisotopic (exact) mass is 257 g/mol. The first-order valence-corrected chi connectivity index (χ1v) is 6.70. The molecule has 0 amide bonds. The summed E-state index contributed by atoms with van der Waals surface area (Å²) < 4.78 is 4.76. The van der Waals surface area contributed by atoms with Crippen LogP contribution in [0.3, 0.4) is 0 Å². The third-order valence-corrected chi connectivity index (χ3v) is 3.46. The molecule has 1 unspecified atom stereocenters. The van der Waals surface area contributed by atoms with E-state index in [9.17, 15) is 4.79 Å². The number of hydrogen-bond acceptors (Lipinski definition) is 5. The maximum Gasteiger partial charge on any atom is 0.309 e. The van der Waals surface area contributed by atoms with Crippen LogP contribution in [-0.4, -0.2) is 87.7 Å². The summed E-state index contributed by atoms with van der Waals surface area (Å²) in [5.41, 5.74) is 0. The summed E-state index contributed by atoms with van der Waals surface area (Å²) >= 11 is 0. The van der Waals surface area contributed by atoms with Crippen LogP contribution < -0.4 is 0 Å². The van der Waals surface area contributed by atoms with E-state index in [1.165, 1.54) is 7.11 Å². The van der Waals surface area contributed by atoms with Crippen molar-refractivity contribution in [1.29, 1.82) is 0 Å². The van der Waals surface area contributed by atoms with Crippen LogP contribution in [0, 0.1) is 5.92 Å². The SMILES string of the molecule is COC(=O)C(C)CN1CCN(CCN(C)C)CC1. The minimum absolute atomic E-state index is 0.0247. The Kier molecular flexibility index (Phi) is 6.60. The van der Waals surface area contributed by atoms with Gasteiger partial charge in [0.1, 0.15) is 0 Å².